The number of piperidine rings is 1. The number of likely N-dealkylation sites (tertiary alicyclic amines) is 1. The summed E-state index contributed by atoms with van der Waals surface area (Å²) >= 11 is 0. The van der Waals surface area contributed by atoms with Crippen LogP contribution >= 0.6 is 0 Å². The predicted molar refractivity (Wildman–Crippen MR) is 113 cm³/mol. The summed E-state index contributed by atoms with van der Waals surface area (Å²) in [4.78, 5) is 19.1. The van der Waals surface area contributed by atoms with Crippen LogP contribution in [0.2, 0.25) is 0 Å². The van der Waals surface area contributed by atoms with Gasteiger partial charge in [0.15, 0.2) is 5.96 Å². The van der Waals surface area contributed by atoms with Crippen molar-refractivity contribution in [1.29, 1.82) is 0 Å². The molecule has 0 aliphatic carbocycles. The molecule has 1 aromatic heterocycles. The highest BCUT2D eigenvalue weighted by molar-refractivity contribution is 5.83. The van der Waals surface area contributed by atoms with Gasteiger partial charge in [0.25, 0.3) is 0 Å². The Bertz CT molecular complexity index is 827. The molecule has 2 N–H and O–H groups in total. The second-order valence-corrected chi connectivity index (χ2v) is 7.61. The number of aliphatic imine (C=N–C) groups is 1. The van der Waals surface area contributed by atoms with E-state index in [1.807, 2.05) is 30.0 Å². The lowest BCUT2D eigenvalue weighted by molar-refractivity contribution is -0.132. The molecule has 28 heavy (non-hydrogen) atoms. The molecule has 2 heterocycles. The maximum absolute atomic E-state index is 12.4. The minimum absolute atomic E-state index is 0.225. The number of aryl methyl sites for hydroxylation is 1. The van der Waals surface area contributed by atoms with Crippen molar-refractivity contribution in [3.8, 4) is 0 Å². The number of amides is 1. The molecule has 1 aromatic carbocycles. The maximum atomic E-state index is 12.4. The molecule has 1 amide bonds. The highest BCUT2D eigenvalue weighted by atomic mass is 16.3. The van der Waals surface area contributed by atoms with Crippen LogP contribution in [0.5, 0.6) is 0 Å². The van der Waals surface area contributed by atoms with Gasteiger partial charge in [-0.1, -0.05) is 25.1 Å². The quantitative estimate of drug-likeness (QED) is 0.591. The van der Waals surface area contributed by atoms with Crippen molar-refractivity contribution in [2.75, 3.05) is 26.2 Å². The minimum Gasteiger partial charge on any atom is -0.459 e. The van der Waals surface area contributed by atoms with Crippen LogP contribution in [0.25, 0.3) is 11.0 Å². The van der Waals surface area contributed by atoms with E-state index in [-0.39, 0.29) is 5.91 Å². The van der Waals surface area contributed by atoms with Gasteiger partial charge in [-0.25, -0.2) is 4.99 Å². The zero-order valence-corrected chi connectivity index (χ0v) is 17.3. The van der Waals surface area contributed by atoms with Crippen molar-refractivity contribution < 1.29 is 9.21 Å². The van der Waals surface area contributed by atoms with Gasteiger partial charge < -0.3 is 20.0 Å². The Morgan fingerprint density at radius 2 is 2.14 bits per heavy atom. The average Bonchev–Trinajstić information content (AvgIpc) is 3.02. The SMILES string of the molecule is CCNC(=NCc1oc2ccccc2c1C)NCCC(=O)N1CCCC(C)C1. The number of carbonyl (C=O) groups excluding carboxylic acids is 1. The number of para-hydroxylation sites is 1. The normalized spacial score (nSPS) is 17.8. The summed E-state index contributed by atoms with van der Waals surface area (Å²) in [7, 11) is 0. The first-order valence-electron chi connectivity index (χ1n) is 10.4. The van der Waals surface area contributed by atoms with Crippen molar-refractivity contribution in [2.45, 2.75) is 46.6 Å². The van der Waals surface area contributed by atoms with E-state index in [0.29, 0.717) is 31.4 Å². The van der Waals surface area contributed by atoms with Crippen molar-refractivity contribution in [2.24, 2.45) is 10.9 Å². The number of benzene rings is 1. The van der Waals surface area contributed by atoms with E-state index in [0.717, 1.165) is 48.3 Å². The Balaban J connectivity index is 1.55. The number of fused-ring (bicyclic) bond motifs is 1. The van der Waals surface area contributed by atoms with Gasteiger partial charge >= 0.3 is 0 Å². The molecule has 1 atom stereocenters. The topological polar surface area (TPSA) is 69.9 Å². The second kappa shape index (κ2) is 9.62. The van der Waals surface area contributed by atoms with Crippen LogP contribution in [0.15, 0.2) is 33.7 Å². The number of guanidine groups is 1. The molecule has 2 aromatic rings. The van der Waals surface area contributed by atoms with Crippen LogP contribution in [-0.4, -0.2) is 42.9 Å². The third-order valence-corrected chi connectivity index (χ3v) is 5.31. The fourth-order valence-corrected chi connectivity index (χ4v) is 3.73. The molecule has 6 nitrogen and oxygen atoms in total. The van der Waals surface area contributed by atoms with Crippen LogP contribution in [0, 0.1) is 12.8 Å². The number of carbonyl (C=O) groups is 1. The van der Waals surface area contributed by atoms with E-state index in [4.69, 9.17) is 4.42 Å². The summed E-state index contributed by atoms with van der Waals surface area (Å²) in [6, 6.07) is 8.04. The standard InChI is InChI=1S/C22H32N4O2/c1-4-23-22(24-12-11-21(27)26-13-7-8-16(2)15-26)25-14-20-17(3)18-9-5-6-10-19(18)28-20/h5-6,9-10,16H,4,7-8,11-15H2,1-3H3,(H2,23,24,25). The molecular formula is C22H32N4O2. The van der Waals surface area contributed by atoms with Crippen LogP contribution in [0.3, 0.4) is 0 Å². The first-order valence-corrected chi connectivity index (χ1v) is 10.4. The molecule has 3 rings (SSSR count). The Hall–Kier alpha value is -2.50. The van der Waals surface area contributed by atoms with Crippen LogP contribution in [-0.2, 0) is 11.3 Å². The molecule has 1 unspecified atom stereocenters. The average molecular weight is 385 g/mol. The Morgan fingerprint density at radius 1 is 1.32 bits per heavy atom. The summed E-state index contributed by atoms with van der Waals surface area (Å²) in [5.74, 6) is 2.42. The zero-order chi connectivity index (χ0) is 19.9. The number of rotatable bonds is 6. The van der Waals surface area contributed by atoms with E-state index in [1.54, 1.807) is 0 Å². The summed E-state index contributed by atoms with van der Waals surface area (Å²) in [6.45, 7) is 9.90. The Morgan fingerprint density at radius 3 is 2.89 bits per heavy atom. The highest BCUT2D eigenvalue weighted by Crippen LogP contribution is 2.25. The molecule has 1 aliphatic heterocycles. The smallest absolute Gasteiger partial charge is 0.224 e. The van der Waals surface area contributed by atoms with Crippen molar-refractivity contribution >= 4 is 22.8 Å². The van der Waals surface area contributed by atoms with Crippen LogP contribution in [0.1, 0.15) is 44.4 Å². The molecule has 6 heteroatoms. The summed E-state index contributed by atoms with van der Waals surface area (Å²) in [6.07, 6.45) is 2.82. The molecule has 152 valence electrons. The fraction of sp³-hybridized carbons (Fsp3) is 0.545. The van der Waals surface area contributed by atoms with Gasteiger partial charge in [-0.05, 0) is 38.7 Å². The number of hydrogen-bond donors (Lipinski definition) is 2. The Kier molecular flexibility index (Phi) is 6.95. The number of nitrogens with zero attached hydrogens (tertiary/aromatic N) is 2. The van der Waals surface area contributed by atoms with E-state index >= 15 is 0 Å². The van der Waals surface area contributed by atoms with Gasteiger partial charge in [0.05, 0.1) is 0 Å². The highest BCUT2D eigenvalue weighted by Gasteiger charge is 2.20. The van der Waals surface area contributed by atoms with Gasteiger partial charge in [-0.3, -0.25) is 4.79 Å². The summed E-state index contributed by atoms with van der Waals surface area (Å²) < 4.78 is 5.94. The lowest BCUT2D eigenvalue weighted by Crippen LogP contribution is -2.42. The van der Waals surface area contributed by atoms with Crippen LogP contribution < -0.4 is 10.6 Å². The molecule has 0 spiro atoms. The first-order chi connectivity index (χ1) is 13.6. The number of nitrogens with one attached hydrogen (secondary N) is 2. The van der Waals surface area contributed by atoms with Crippen molar-refractivity contribution in [1.82, 2.24) is 15.5 Å². The largest absolute Gasteiger partial charge is 0.459 e. The van der Waals surface area contributed by atoms with Crippen molar-refractivity contribution in [3.63, 3.8) is 0 Å². The van der Waals surface area contributed by atoms with Gasteiger partial charge in [0.2, 0.25) is 5.91 Å². The zero-order valence-electron chi connectivity index (χ0n) is 17.3. The molecule has 0 bridgehead atoms. The van der Waals surface area contributed by atoms with Gasteiger partial charge in [-0.2, -0.15) is 0 Å². The van der Waals surface area contributed by atoms with Gasteiger partial charge in [0.1, 0.15) is 17.9 Å². The number of furan rings is 1. The molecule has 1 fully saturated rings. The lowest BCUT2D eigenvalue weighted by atomic mass is 10.00. The Labute approximate surface area is 167 Å². The summed E-state index contributed by atoms with van der Waals surface area (Å²) in [5.41, 5.74) is 2.02. The van der Waals surface area contributed by atoms with E-state index in [9.17, 15) is 4.79 Å². The third-order valence-electron chi connectivity index (χ3n) is 5.31. The van der Waals surface area contributed by atoms with E-state index in [1.165, 1.54) is 6.42 Å². The fourth-order valence-electron chi connectivity index (χ4n) is 3.73. The third kappa shape index (κ3) is 5.06. The van der Waals surface area contributed by atoms with E-state index in [2.05, 4.69) is 35.5 Å². The second-order valence-electron chi connectivity index (χ2n) is 7.61. The summed E-state index contributed by atoms with van der Waals surface area (Å²) in [5, 5.41) is 7.65. The number of hydrogen-bond acceptors (Lipinski definition) is 3. The van der Waals surface area contributed by atoms with E-state index < -0.39 is 0 Å². The molecule has 0 saturated carbocycles. The lowest BCUT2D eigenvalue weighted by Gasteiger charge is -2.31. The molecule has 1 saturated heterocycles. The maximum Gasteiger partial charge on any atom is 0.224 e. The van der Waals surface area contributed by atoms with Crippen molar-refractivity contribution in [3.05, 3.63) is 35.6 Å². The van der Waals surface area contributed by atoms with Crippen LogP contribution in [0.4, 0.5) is 0 Å². The predicted octanol–water partition coefficient (Wildman–Crippen LogP) is 3.44. The molecule has 0 radical (unpaired) electrons. The molecule has 1 aliphatic rings. The first kappa shape index (κ1) is 20.2. The van der Waals surface area contributed by atoms with Gasteiger partial charge in [-0.15, -0.1) is 0 Å². The minimum atomic E-state index is 0.225. The van der Waals surface area contributed by atoms with Gasteiger partial charge in [0, 0.05) is 43.5 Å². The molecular weight excluding hydrogens is 352 g/mol. The monoisotopic (exact) mass is 384 g/mol.